The summed E-state index contributed by atoms with van der Waals surface area (Å²) in [7, 11) is 0. The van der Waals surface area contributed by atoms with Gasteiger partial charge in [0.1, 0.15) is 5.75 Å². The van der Waals surface area contributed by atoms with Crippen molar-refractivity contribution in [1.82, 2.24) is 0 Å². The van der Waals surface area contributed by atoms with Crippen molar-refractivity contribution >= 4 is 35.2 Å². The van der Waals surface area contributed by atoms with E-state index >= 15 is 0 Å². The van der Waals surface area contributed by atoms with Gasteiger partial charge in [-0.3, -0.25) is 24.5 Å². The predicted molar refractivity (Wildman–Crippen MR) is 99.7 cm³/mol. The van der Waals surface area contributed by atoms with E-state index in [1.807, 2.05) is 0 Å². The number of hydrogen-bond donors (Lipinski definition) is 0. The van der Waals surface area contributed by atoms with E-state index in [0.717, 1.165) is 26.8 Å². The van der Waals surface area contributed by atoms with E-state index in [2.05, 4.69) is 0 Å². The van der Waals surface area contributed by atoms with E-state index in [-0.39, 0.29) is 16.5 Å². The number of hydrogen-bond acceptors (Lipinski definition) is 10. The number of carbonyl (C=O) groups excluding carboxylic acids is 3. The third-order valence-electron chi connectivity index (χ3n) is 4.00. The summed E-state index contributed by atoms with van der Waals surface area (Å²) in [5.74, 6) is -2.10. The molecular weight excluding hydrogens is 426 g/mol. The molecule has 0 unspecified atom stereocenters. The summed E-state index contributed by atoms with van der Waals surface area (Å²) in [5.41, 5.74) is -0.255. The molecule has 0 radical (unpaired) electrons. The molecule has 164 valence electrons. The van der Waals surface area contributed by atoms with Crippen molar-refractivity contribution in [1.29, 1.82) is 0 Å². The van der Waals surface area contributed by atoms with Crippen molar-refractivity contribution < 1.29 is 43.0 Å². The number of rotatable bonds is 6. The number of benzene rings is 1. The average Bonchev–Trinajstić information content (AvgIpc) is 2.61. The molecule has 1 fully saturated rings. The molecule has 2 rings (SSSR count). The quantitative estimate of drug-likeness (QED) is 0.277. The van der Waals surface area contributed by atoms with Gasteiger partial charge in [0.25, 0.3) is 5.69 Å². The summed E-state index contributed by atoms with van der Waals surface area (Å²) in [4.78, 5) is 45.0. The van der Waals surface area contributed by atoms with Gasteiger partial charge in [-0.25, -0.2) is 0 Å². The third kappa shape index (κ3) is 5.80. The maximum absolute atomic E-state index is 11.7. The van der Waals surface area contributed by atoms with Gasteiger partial charge in [-0.15, -0.1) is 0 Å². The number of ether oxygens (including phenoxy) is 5. The molecule has 0 spiro atoms. The number of nitro groups is 1. The molecule has 30 heavy (non-hydrogen) atoms. The van der Waals surface area contributed by atoms with Gasteiger partial charge in [0.2, 0.25) is 12.4 Å². The van der Waals surface area contributed by atoms with Crippen molar-refractivity contribution in [3.05, 3.63) is 33.3 Å². The monoisotopic (exact) mass is 445 g/mol. The Hall–Kier alpha value is -2.92. The maximum Gasteiger partial charge on any atom is 0.303 e. The second kappa shape index (κ2) is 9.72. The number of nitrogens with zero attached hydrogens (tertiary/aromatic N) is 1. The Morgan fingerprint density at radius 3 is 2.03 bits per heavy atom. The van der Waals surface area contributed by atoms with E-state index in [1.165, 1.54) is 12.1 Å². The molecule has 5 atom stereocenters. The van der Waals surface area contributed by atoms with E-state index in [0.29, 0.717) is 0 Å². The molecule has 0 amide bonds. The smallest absolute Gasteiger partial charge is 0.303 e. The van der Waals surface area contributed by atoms with Crippen LogP contribution in [0.3, 0.4) is 0 Å². The molecule has 1 aliphatic heterocycles. The minimum atomic E-state index is -1.32. The lowest BCUT2D eigenvalue weighted by Crippen LogP contribution is -2.62. The minimum absolute atomic E-state index is 0.00382. The molecule has 0 bridgehead atoms. The van der Waals surface area contributed by atoms with Crippen LogP contribution in [0.2, 0.25) is 5.02 Å². The molecule has 12 heteroatoms. The third-order valence-corrected chi connectivity index (χ3v) is 4.30. The van der Waals surface area contributed by atoms with E-state index < -0.39 is 53.5 Å². The van der Waals surface area contributed by atoms with Crippen molar-refractivity contribution in [2.75, 3.05) is 0 Å². The van der Waals surface area contributed by atoms with Gasteiger partial charge in [0, 0.05) is 32.9 Å². The van der Waals surface area contributed by atoms with Gasteiger partial charge >= 0.3 is 17.9 Å². The molecule has 0 aromatic heterocycles. The standard InChI is InChI=1S/C18H20ClNO10/c1-8-15(27-9(2)21)16(28-10(3)22)17(29-11(4)23)18(26-8)30-14-6-5-12(20(24)25)7-13(14)19/h5-8,15-18H,1-4H3/t8-,15-,16+,17+,18+/m0/s1. The average molecular weight is 446 g/mol. The van der Waals surface area contributed by atoms with Crippen LogP contribution >= 0.6 is 11.6 Å². The Bertz CT molecular complexity index is 844. The fourth-order valence-electron chi connectivity index (χ4n) is 2.89. The zero-order valence-corrected chi connectivity index (χ0v) is 17.3. The van der Waals surface area contributed by atoms with E-state index in [9.17, 15) is 24.5 Å². The lowest BCUT2D eigenvalue weighted by atomic mass is 9.99. The fourth-order valence-corrected chi connectivity index (χ4v) is 3.11. The summed E-state index contributed by atoms with van der Waals surface area (Å²) in [5, 5.41) is 10.8. The Balaban J connectivity index is 2.39. The summed E-state index contributed by atoms with van der Waals surface area (Å²) < 4.78 is 27.1. The molecule has 0 aliphatic carbocycles. The highest BCUT2D eigenvalue weighted by atomic mass is 35.5. The van der Waals surface area contributed by atoms with Crippen LogP contribution in [-0.4, -0.2) is 53.5 Å². The molecule has 0 saturated carbocycles. The topological polar surface area (TPSA) is 141 Å². The Morgan fingerprint density at radius 1 is 1.00 bits per heavy atom. The number of nitro benzene ring substituents is 1. The number of halogens is 1. The first kappa shape index (κ1) is 23.4. The lowest BCUT2D eigenvalue weighted by Gasteiger charge is -2.43. The van der Waals surface area contributed by atoms with Crippen LogP contribution in [0.4, 0.5) is 5.69 Å². The van der Waals surface area contributed by atoms with Crippen LogP contribution in [0.25, 0.3) is 0 Å². The van der Waals surface area contributed by atoms with Gasteiger partial charge < -0.3 is 23.7 Å². The lowest BCUT2D eigenvalue weighted by molar-refractivity contribution is -0.384. The highest BCUT2D eigenvalue weighted by Crippen LogP contribution is 2.34. The van der Waals surface area contributed by atoms with Gasteiger partial charge in [-0.05, 0) is 13.0 Å². The van der Waals surface area contributed by atoms with Crippen LogP contribution in [0.1, 0.15) is 27.7 Å². The summed E-state index contributed by atoms with van der Waals surface area (Å²) in [6, 6.07) is 3.49. The maximum atomic E-state index is 11.7. The van der Waals surface area contributed by atoms with E-state index in [4.69, 9.17) is 35.3 Å². The predicted octanol–water partition coefficient (Wildman–Crippen LogP) is 2.17. The van der Waals surface area contributed by atoms with Crippen molar-refractivity contribution in [2.45, 2.75) is 58.4 Å². The first-order chi connectivity index (χ1) is 14.0. The van der Waals surface area contributed by atoms with Crippen molar-refractivity contribution in [3.63, 3.8) is 0 Å². The summed E-state index contributed by atoms with van der Waals surface area (Å²) >= 11 is 6.05. The second-order valence-corrected chi connectivity index (χ2v) is 6.83. The van der Waals surface area contributed by atoms with Crippen LogP contribution < -0.4 is 4.74 Å². The summed E-state index contributed by atoms with van der Waals surface area (Å²) in [6.07, 6.45) is -5.78. The molecule has 1 saturated heterocycles. The highest BCUT2D eigenvalue weighted by molar-refractivity contribution is 6.32. The number of non-ortho nitro benzene ring substituents is 1. The fraction of sp³-hybridized carbons (Fsp3) is 0.500. The van der Waals surface area contributed by atoms with E-state index in [1.54, 1.807) is 6.92 Å². The largest absolute Gasteiger partial charge is 0.459 e. The van der Waals surface area contributed by atoms with Gasteiger partial charge in [0.15, 0.2) is 12.2 Å². The second-order valence-electron chi connectivity index (χ2n) is 6.42. The van der Waals surface area contributed by atoms with Crippen LogP contribution in [0, 0.1) is 10.1 Å². The van der Waals surface area contributed by atoms with Crippen LogP contribution in [0.5, 0.6) is 5.75 Å². The SMILES string of the molecule is CC(=O)O[C@@H]1[C@@H](OC(C)=O)[C@H](C)O[C@H](Oc2ccc([N+](=O)[O-])cc2Cl)[C@@H]1OC(C)=O. The number of esters is 3. The van der Waals surface area contributed by atoms with Crippen LogP contribution in [-0.2, 0) is 33.3 Å². The Labute approximate surface area is 176 Å². The molecule has 1 aromatic carbocycles. The minimum Gasteiger partial charge on any atom is -0.459 e. The van der Waals surface area contributed by atoms with Crippen LogP contribution in [0.15, 0.2) is 18.2 Å². The molecule has 0 N–H and O–H groups in total. The first-order valence-corrected chi connectivity index (χ1v) is 9.15. The first-order valence-electron chi connectivity index (χ1n) is 8.77. The zero-order valence-electron chi connectivity index (χ0n) is 16.5. The van der Waals surface area contributed by atoms with Gasteiger partial charge in [0.05, 0.1) is 16.0 Å². The normalized spacial score (nSPS) is 25.7. The molecule has 1 heterocycles. The van der Waals surface area contributed by atoms with Crippen molar-refractivity contribution in [2.24, 2.45) is 0 Å². The summed E-state index contributed by atoms with van der Waals surface area (Å²) in [6.45, 7) is 4.97. The molecular formula is C18H20ClNO10. The Kier molecular flexibility index (Phi) is 7.57. The van der Waals surface area contributed by atoms with Gasteiger partial charge in [-0.1, -0.05) is 11.6 Å². The van der Waals surface area contributed by atoms with Crippen molar-refractivity contribution in [3.8, 4) is 5.75 Å². The molecule has 1 aromatic rings. The highest BCUT2D eigenvalue weighted by Gasteiger charge is 2.51. The Morgan fingerprint density at radius 2 is 1.53 bits per heavy atom. The number of carbonyl (C=O) groups is 3. The zero-order chi connectivity index (χ0) is 22.6. The molecule has 1 aliphatic rings. The molecule has 11 nitrogen and oxygen atoms in total. The van der Waals surface area contributed by atoms with Gasteiger partial charge in [-0.2, -0.15) is 0 Å².